The molecule has 1 unspecified atom stereocenters. The Labute approximate surface area is 85.5 Å². The van der Waals surface area contributed by atoms with E-state index in [4.69, 9.17) is 0 Å². The summed E-state index contributed by atoms with van der Waals surface area (Å²) in [5, 5.41) is 3.17. The van der Waals surface area contributed by atoms with Gasteiger partial charge in [0, 0.05) is 25.2 Å². The van der Waals surface area contributed by atoms with Gasteiger partial charge in [0.2, 0.25) is 0 Å². The van der Waals surface area contributed by atoms with Gasteiger partial charge in [-0.05, 0) is 25.8 Å². The first-order valence-electron chi connectivity index (χ1n) is 5.48. The Morgan fingerprint density at radius 3 is 3.29 bits per heavy atom. The maximum Gasteiger partial charge on any atom is 0.0951 e. The first-order valence-corrected chi connectivity index (χ1v) is 5.48. The number of aromatic nitrogens is 2. The second kappa shape index (κ2) is 4.13. The number of rotatable bonds is 3. The summed E-state index contributed by atoms with van der Waals surface area (Å²) in [6.07, 6.45) is 5.58. The maximum absolute atomic E-state index is 4.49. The van der Waals surface area contributed by atoms with Crippen LogP contribution < -0.4 is 5.32 Å². The van der Waals surface area contributed by atoms with Gasteiger partial charge in [-0.15, -0.1) is 0 Å². The van der Waals surface area contributed by atoms with Gasteiger partial charge in [-0.3, -0.25) is 0 Å². The lowest BCUT2D eigenvalue weighted by Crippen LogP contribution is -2.18. The lowest BCUT2D eigenvalue weighted by molar-refractivity contribution is 0.414. The van der Waals surface area contributed by atoms with Crippen molar-refractivity contribution in [2.45, 2.75) is 32.7 Å². The Morgan fingerprint density at radius 2 is 2.50 bits per heavy atom. The summed E-state index contributed by atoms with van der Waals surface area (Å²) < 4.78 is 2.32. The Bertz CT molecular complexity index is 303. The molecule has 0 aromatic carbocycles. The number of likely N-dealkylation sites (N-methyl/N-ethyl adjacent to an activating group) is 1. The van der Waals surface area contributed by atoms with E-state index in [0.717, 1.165) is 25.4 Å². The van der Waals surface area contributed by atoms with Crippen molar-refractivity contribution in [2.24, 2.45) is 5.92 Å². The van der Waals surface area contributed by atoms with Crippen LogP contribution in [0.3, 0.4) is 0 Å². The Morgan fingerprint density at radius 1 is 1.64 bits per heavy atom. The lowest BCUT2D eigenvalue weighted by Gasteiger charge is -2.21. The molecule has 2 heterocycles. The van der Waals surface area contributed by atoms with Gasteiger partial charge >= 0.3 is 0 Å². The summed E-state index contributed by atoms with van der Waals surface area (Å²) in [6.45, 7) is 4.51. The Balaban J connectivity index is 2.13. The van der Waals surface area contributed by atoms with Crippen LogP contribution >= 0.6 is 0 Å². The number of imidazole rings is 1. The van der Waals surface area contributed by atoms with Gasteiger partial charge < -0.3 is 9.88 Å². The van der Waals surface area contributed by atoms with Crippen molar-refractivity contribution in [3.05, 3.63) is 17.7 Å². The first kappa shape index (κ1) is 9.71. The molecular weight excluding hydrogens is 174 g/mol. The third-order valence-corrected chi connectivity index (χ3v) is 3.05. The molecule has 3 nitrogen and oxygen atoms in total. The fourth-order valence-electron chi connectivity index (χ4n) is 2.12. The number of aryl methyl sites for hydroxylation is 1. The SMILES string of the molecule is CNCCc1ncn2c1CC(C)CC2. The van der Waals surface area contributed by atoms with Crippen LogP contribution in [0.1, 0.15) is 24.7 Å². The zero-order chi connectivity index (χ0) is 9.97. The van der Waals surface area contributed by atoms with E-state index in [1.54, 1.807) is 0 Å². The van der Waals surface area contributed by atoms with E-state index in [1.807, 2.05) is 13.4 Å². The molecule has 14 heavy (non-hydrogen) atoms. The predicted octanol–water partition coefficient (Wildman–Crippen LogP) is 1.23. The zero-order valence-electron chi connectivity index (χ0n) is 9.08. The molecular formula is C11H19N3. The largest absolute Gasteiger partial charge is 0.334 e. The van der Waals surface area contributed by atoms with E-state index >= 15 is 0 Å². The van der Waals surface area contributed by atoms with Gasteiger partial charge in [0.1, 0.15) is 0 Å². The smallest absolute Gasteiger partial charge is 0.0951 e. The average molecular weight is 193 g/mol. The molecule has 0 aliphatic carbocycles. The molecule has 0 fully saturated rings. The summed E-state index contributed by atoms with van der Waals surface area (Å²) in [7, 11) is 1.99. The molecule has 1 N–H and O–H groups in total. The van der Waals surface area contributed by atoms with Gasteiger partial charge in [0.05, 0.1) is 12.0 Å². The van der Waals surface area contributed by atoms with E-state index in [9.17, 15) is 0 Å². The van der Waals surface area contributed by atoms with E-state index in [-0.39, 0.29) is 0 Å². The van der Waals surface area contributed by atoms with Crippen molar-refractivity contribution in [3.8, 4) is 0 Å². The van der Waals surface area contributed by atoms with E-state index in [2.05, 4.69) is 21.8 Å². The second-order valence-corrected chi connectivity index (χ2v) is 4.28. The van der Waals surface area contributed by atoms with E-state index < -0.39 is 0 Å². The molecule has 0 amide bonds. The predicted molar refractivity (Wildman–Crippen MR) is 57.3 cm³/mol. The third kappa shape index (κ3) is 1.82. The maximum atomic E-state index is 4.49. The summed E-state index contributed by atoms with van der Waals surface area (Å²) in [5.41, 5.74) is 2.77. The number of fused-ring (bicyclic) bond motifs is 1. The molecule has 2 rings (SSSR count). The minimum absolute atomic E-state index is 0.826. The average Bonchev–Trinajstić information content (AvgIpc) is 2.57. The summed E-state index contributed by atoms with van der Waals surface area (Å²) in [5.74, 6) is 0.826. The highest BCUT2D eigenvalue weighted by molar-refractivity contribution is 5.16. The van der Waals surface area contributed by atoms with Crippen LogP contribution in [-0.2, 0) is 19.4 Å². The van der Waals surface area contributed by atoms with Crippen LogP contribution in [0, 0.1) is 5.92 Å². The van der Waals surface area contributed by atoms with Crippen LogP contribution in [0.2, 0.25) is 0 Å². The highest BCUT2D eigenvalue weighted by Gasteiger charge is 2.18. The highest BCUT2D eigenvalue weighted by Crippen LogP contribution is 2.22. The van der Waals surface area contributed by atoms with Crippen molar-refractivity contribution < 1.29 is 0 Å². The van der Waals surface area contributed by atoms with Crippen LogP contribution in [0.4, 0.5) is 0 Å². The van der Waals surface area contributed by atoms with Crippen LogP contribution in [0.5, 0.6) is 0 Å². The van der Waals surface area contributed by atoms with Gasteiger partial charge in [-0.25, -0.2) is 4.98 Å². The molecule has 0 radical (unpaired) electrons. The topological polar surface area (TPSA) is 29.9 Å². The summed E-state index contributed by atoms with van der Waals surface area (Å²) in [4.78, 5) is 4.49. The van der Waals surface area contributed by atoms with Gasteiger partial charge in [0.15, 0.2) is 0 Å². The van der Waals surface area contributed by atoms with Crippen LogP contribution in [0.15, 0.2) is 6.33 Å². The minimum Gasteiger partial charge on any atom is -0.334 e. The van der Waals surface area contributed by atoms with Crippen molar-refractivity contribution in [3.63, 3.8) is 0 Å². The minimum atomic E-state index is 0.826. The molecule has 3 heteroatoms. The Hall–Kier alpha value is -0.830. The molecule has 0 saturated carbocycles. The fraction of sp³-hybridized carbons (Fsp3) is 0.727. The normalized spacial score (nSPS) is 20.9. The molecule has 1 aromatic heterocycles. The number of nitrogens with one attached hydrogen (secondary N) is 1. The van der Waals surface area contributed by atoms with E-state index in [0.29, 0.717) is 0 Å². The van der Waals surface area contributed by atoms with Crippen molar-refractivity contribution in [1.29, 1.82) is 0 Å². The standard InChI is InChI=1S/C11H19N3/c1-9-4-6-14-8-13-10(3-5-12-2)11(14)7-9/h8-9,12H,3-7H2,1-2H3. The Kier molecular flexibility index (Phi) is 2.87. The lowest BCUT2D eigenvalue weighted by atomic mass is 9.96. The monoisotopic (exact) mass is 193 g/mol. The molecule has 0 spiro atoms. The molecule has 0 saturated heterocycles. The van der Waals surface area contributed by atoms with Crippen LogP contribution in [0.25, 0.3) is 0 Å². The quantitative estimate of drug-likeness (QED) is 0.782. The molecule has 1 aliphatic heterocycles. The van der Waals surface area contributed by atoms with Crippen molar-refractivity contribution in [1.82, 2.24) is 14.9 Å². The fourth-order valence-corrected chi connectivity index (χ4v) is 2.12. The van der Waals surface area contributed by atoms with Crippen molar-refractivity contribution >= 4 is 0 Å². The molecule has 78 valence electrons. The number of hydrogen-bond acceptors (Lipinski definition) is 2. The van der Waals surface area contributed by atoms with Gasteiger partial charge in [-0.2, -0.15) is 0 Å². The summed E-state index contributed by atoms with van der Waals surface area (Å²) in [6, 6.07) is 0. The van der Waals surface area contributed by atoms with Crippen LogP contribution in [-0.4, -0.2) is 23.1 Å². The first-order chi connectivity index (χ1) is 6.81. The number of hydrogen-bond donors (Lipinski definition) is 1. The molecule has 0 bridgehead atoms. The highest BCUT2D eigenvalue weighted by atomic mass is 15.1. The second-order valence-electron chi connectivity index (χ2n) is 4.28. The zero-order valence-corrected chi connectivity index (χ0v) is 9.08. The molecule has 1 aliphatic rings. The van der Waals surface area contributed by atoms with Crippen molar-refractivity contribution in [2.75, 3.05) is 13.6 Å². The molecule has 1 atom stereocenters. The molecule has 1 aromatic rings. The third-order valence-electron chi connectivity index (χ3n) is 3.05. The van der Waals surface area contributed by atoms with Gasteiger partial charge in [-0.1, -0.05) is 6.92 Å². The number of nitrogens with zero attached hydrogens (tertiary/aromatic N) is 2. The summed E-state index contributed by atoms with van der Waals surface area (Å²) >= 11 is 0. The van der Waals surface area contributed by atoms with E-state index in [1.165, 1.54) is 24.2 Å². The van der Waals surface area contributed by atoms with Gasteiger partial charge in [0.25, 0.3) is 0 Å².